The summed E-state index contributed by atoms with van der Waals surface area (Å²) in [5.41, 5.74) is -1.39. The Balaban J connectivity index is 1.31. The molecule has 0 amide bonds. The van der Waals surface area contributed by atoms with E-state index in [0.717, 1.165) is 31.3 Å². The molecule has 0 spiro atoms. The van der Waals surface area contributed by atoms with Crippen LogP contribution in [0.15, 0.2) is 34.9 Å². The Kier molecular flexibility index (Phi) is 13.1. The van der Waals surface area contributed by atoms with Gasteiger partial charge in [-0.25, -0.2) is 14.4 Å². The molecular weight excluding hydrogens is 776 g/mol. The van der Waals surface area contributed by atoms with Gasteiger partial charge in [-0.05, 0) is 107 Å². The molecule has 1 heterocycles. The lowest BCUT2D eigenvalue weighted by molar-refractivity contribution is -0.259. The average Bonchev–Trinajstić information content (AvgIpc) is 3.20. The number of fused-ring (bicyclic) bond motifs is 7. The third-order valence-corrected chi connectivity index (χ3v) is 17.0. The van der Waals surface area contributed by atoms with Gasteiger partial charge in [0.25, 0.3) is 0 Å². The predicted molar refractivity (Wildman–Crippen MR) is 218 cm³/mol. The van der Waals surface area contributed by atoms with Crippen molar-refractivity contribution in [2.24, 2.45) is 50.7 Å². The van der Waals surface area contributed by atoms with Gasteiger partial charge in [-0.15, -0.1) is 0 Å². The van der Waals surface area contributed by atoms with Gasteiger partial charge in [-0.1, -0.05) is 58.4 Å². The molecule has 0 aromatic heterocycles. The van der Waals surface area contributed by atoms with Gasteiger partial charge in [0, 0.05) is 22.0 Å². The van der Waals surface area contributed by atoms with E-state index in [-0.39, 0.29) is 54.3 Å². The topological polar surface area (TPSA) is 230 Å². The molecule has 0 aromatic carbocycles. The zero-order chi connectivity index (χ0) is 44.5. The zero-order valence-corrected chi connectivity index (χ0v) is 36.8. The van der Waals surface area contributed by atoms with E-state index in [1.807, 2.05) is 20.8 Å². The Hall–Kier alpha value is -2.69. The predicted octanol–water partition coefficient (Wildman–Crippen LogP) is 3.63. The monoisotopic (exact) mass is 846 g/mol. The summed E-state index contributed by atoms with van der Waals surface area (Å²) in [4.78, 5) is 38.1. The number of carboxylic acids is 1. The van der Waals surface area contributed by atoms with Crippen LogP contribution in [-0.2, 0) is 33.3 Å². The lowest BCUT2D eigenvalue weighted by Crippen LogP contribution is -2.70. The average molecular weight is 847 g/mol. The van der Waals surface area contributed by atoms with Gasteiger partial charge in [0.05, 0.1) is 30.8 Å². The smallest absolute Gasteiger partial charge is 0.335 e. The summed E-state index contributed by atoms with van der Waals surface area (Å²) in [6.07, 6.45) is -2.00. The van der Waals surface area contributed by atoms with Gasteiger partial charge in [-0.2, -0.15) is 0 Å². The van der Waals surface area contributed by atoms with Crippen molar-refractivity contribution in [2.45, 2.75) is 162 Å². The van der Waals surface area contributed by atoms with Crippen LogP contribution in [0.25, 0.3) is 0 Å². The fraction of sp³-hybridized carbons (Fsp3) is 0.804. The molecule has 5 fully saturated rings. The van der Waals surface area contributed by atoms with Gasteiger partial charge in [0.1, 0.15) is 43.2 Å². The molecule has 60 heavy (non-hydrogen) atoms. The molecule has 14 heteroatoms. The Bertz CT molecular complexity index is 1750. The van der Waals surface area contributed by atoms with E-state index in [0.29, 0.717) is 30.4 Å². The van der Waals surface area contributed by atoms with Crippen molar-refractivity contribution >= 4 is 17.9 Å². The molecule has 1 saturated heterocycles. The second-order valence-electron chi connectivity index (χ2n) is 20.5. The van der Waals surface area contributed by atoms with E-state index in [2.05, 4.69) is 19.9 Å². The normalized spacial score (nSPS) is 46.5. The van der Waals surface area contributed by atoms with Gasteiger partial charge < -0.3 is 54.7 Å². The van der Waals surface area contributed by atoms with Gasteiger partial charge in [0.2, 0.25) is 0 Å². The summed E-state index contributed by atoms with van der Waals surface area (Å²) in [6.45, 7) is 16.7. The molecule has 17 atom stereocenters. The minimum Gasteiger partial charge on any atom is -0.479 e. The summed E-state index contributed by atoms with van der Waals surface area (Å²) >= 11 is 0. The first kappa shape index (κ1) is 46.8. The molecule has 5 aliphatic carbocycles. The molecule has 0 bridgehead atoms. The van der Waals surface area contributed by atoms with Crippen LogP contribution in [0.2, 0.25) is 0 Å². The van der Waals surface area contributed by atoms with E-state index < -0.39 is 89.1 Å². The van der Waals surface area contributed by atoms with Gasteiger partial charge >= 0.3 is 17.9 Å². The van der Waals surface area contributed by atoms with Crippen LogP contribution < -0.4 is 0 Å². The summed E-state index contributed by atoms with van der Waals surface area (Å²) in [6, 6.07) is 0. The summed E-state index contributed by atoms with van der Waals surface area (Å²) < 4.78 is 23.9. The van der Waals surface area contributed by atoms with Crippen LogP contribution in [0.5, 0.6) is 0 Å². The van der Waals surface area contributed by atoms with E-state index in [1.165, 1.54) is 0 Å². The zero-order valence-electron chi connectivity index (χ0n) is 36.8. The number of hydrogen-bond donors (Lipinski definition) is 7. The number of carbonyl (C=O) groups is 3. The molecular formula is C46H70O14. The second kappa shape index (κ2) is 16.8. The minimum absolute atomic E-state index is 0.00605. The molecule has 6 aliphatic rings. The number of rotatable bonds is 10. The fourth-order valence-electron chi connectivity index (χ4n) is 13.2. The quantitative estimate of drug-likeness (QED) is 0.0947. The van der Waals surface area contributed by atoms with Crippen LogP contribution >= 0.6 is 0 Å². The third-order valence-electron chi connectivity index (χ3n) is 17.0. The van der Waals surface area contributed by atoms with Crippen molar-refractivity contribution < 1.29 is 69.1 Å². The molecule has 4 saturated carbocycles. The number of aliphatic hydroxyl groups is 6. The van der Waals surface area contributed by atoms with E-state index >= 15 is 0 Å². The molecule has 338 valence electrons. The lowest BCUT2D eigenvalue weighted by atomic mass is 9.36. The highest BCUT2D eigenvalue weighted by Crippen LogP contribution is 2.72. The number of aliphatic hydroxyl groups excluding tert-OH is 6. The lowest BCUT2D eigenvalue weighted by Gasteiger charge is -2.69. The van der Waals surface area contributed by atoms with Crippen molar-refractivity contribution in [3.63, 3.8) is 0 Å². The Labute approximate surface area is 354 Å². The molecule has 0 radical (unpaired) electrons. The maximum Gasteiger partial charge on any atom is 0.335 e. The highest BCUT2D eigenvalue weighted by molar-refractivity contribution is 5.88. The van der Waals surface area contributed by atoms with Gasteiger partial charge in [0.15, 0.2) is 6.10 Å². The van der Waals surface area contributed by atoms with Gasteiger partial charge in [-0.3, -0.25) is 0 Å². The maximum absolute atomic E-state index is 13.2. The number of esters is 2. The number of hydrogen-bond acceptors (Lipinski definition) is 13. The Morgan fingerprint density at radius 1 is 0.850 bits per heavy atom. The molecule has 14 nitrogen and oxygen atoms in total. The maximum atomic E-state index is 13.2. The van der Waals surface area contributed by atoms with Crippen molar-refractivity contribution in [1.29, 1.82) is 0 Å². The first-order valence-corrected chi connectivity index (χ1v) is 21.8. The standard InChI is InChI=1S/C46H70O14/c1-10-23(3)40(55)58-22-46-27(19-42(5,6)38(37(46)52)60-41(56)24(4)11-2)25-12-13-29-43(7,26(25)18-31(46)48)16-14-30-44(29,8)17-15-32(45(30,9)21-47)57-20-28-33(49)34(50)35(51)36(59-28)39(53)54/h10-12,26-38,47-52H,13-22H2,1-9H3,(H,53,54). The summed E-state index contributed by atoms with van der Waals surface area (Å²) in [5.74, 6) is -2.85. The van der Waals surface area contributed by atoms with Crippen LogP contribution in [-0.4, -0.2) is 128 Å². The fourth-order valence-corrected chi connectivity index (χ4v) is 13.2. The second-order valence-corrected chi connectivity index (χ2v) is 20.5. The van der Waals surface area contributed by atoms with Crippen LogP contribution in [0.4, 0.5) is 0 Å². The Morgan fingerprint density at radius 3 is 2.10 bits per heavy atom. The molecule has 17 unspecified atom stereocenters. The first-order valence-electron chi connectivity index (χ1n) is 21.8. The molecule has 1 aliphatic heterocycles. The first-order chi connectivity index (χ1) is 28.0. The van der Waals surface area contributed by atoms with Crippen LogP contribution in [0.3, 0.4) is 0 Å². The number of carboxylic acid groups (broad SMARTS) is 1. The SMILES string of the molecule is CC=C(C)C(=O)OCC12C(O)CC3C(=CCC4C3(C)CCC3C(C)(CO)C(OCC5OC(C(=O)O)C(O)C(O)C5O)CCC34C)C1CC(C)(C)C(OC(=O)C(C)=CC)C2O. The van der Waals surface area contributed by atoms with Crippen molar-refractivity contribution in [1.82, 2.24) is 0 Å². The number of ether oxygens (including phenoxy) is 4. The molecule has 0 aromatic rings. The molecule has 7 N–H and O–H groups in total. The van der Waals surface area contributed by atoms with Crippen molar-refractivity contribution in [3.8, 4) is 0 Å². The Morgan fingerprint density at radius 2 is 1.48 bits per heavy atom. The van der Waals surface area contributed by atoms with Crippen LogP contribution in [0.1, 0.15) is 107 Å². The van der Waals surface area contributed by atoms with Crippen molar-refractivity contribution in [2.75, 3.05) is 19.8 Å². The number of allylic oxidation sites excluding steroid dienone is 4. The van der Waals surface area contributed by atoms with E-state index in [4.69, 9.17) is 18.9 Å². The summed E-state index contributed by atoms with van der Waals surface area (Å²) in [7, 11) is 0. The van der Waals surface area contributed by atoms with Crippen LogP contribution in [0, 0.1) is 50.7 Å². The van der Waals surface area contributed by atoms with E-state index in [1.54, 1.807) is 39.8 Å². The van der Waals surface area contributed by atoms with E-state index in [9.17, 15) is 50.1 Å². The number of aliphatic carboxylic acids is 1. The molecule has 6 rings (SSSR count). The third kappa shape index (κ3) is 7.32. The van der Waals surface area contributed by atoms with Crippen molar-refractivity contribution in [3.05, 3.63) is 34.9 Å². The summed E-state index contributed by atoms with van der Waals surface area (Å²) in [5, 5.41) is 77.1. The minimum atomic E-state index is -1.80. The highest BCUT2D eigenvalue weighted by atomic mass is 16.6. The highest BCUT2D eigenvalue weighted by Gasteiger charge is 2.70. The largest absolute Gasteiger partial charge is 0.479 e. The number of carbonyl (C=O) groups excluding carboxylic acids is 2.